The van der Waals surface area contributed by atoms with Crippen LogP contribution in [0.25, 0.3) is 10.2 Å². The number of carbonyl (C=O) groups excluding carboxylic acids is 1. The monoisotopic (exact) mass is 449 g/mol. The molecule has 0 bridgehead atoms. The van der Waals surface area contributed by atoms with Gasteiger partial charge in [-0.05, 0) is 48.4 Å². The van der Waals surface area contributed by atoms with Crippen molar-refractivity contribution in [3.63, 3.8) is 0 Å². The maximum Gasteiger partial charge on any atom is 0.417 e. The van der Waals surface area contributed by atoms with E-state index in [1.807, 2.05) is 6.92 Å². The highest BCUT2D eigenvalue weighted by Gasteiger charge is 2.40. The first-order valence-electron chi connectivity index (χ1n) is 9.91. The molecule has 2 aromatic heterocycles. The summed E-state index contributed by atoms with van der Waals surface area (Å²) < 4.78 is 47.3. The largest absolute Gasteiger partial charge is 0.497 e. The predicted octanol–water partition coefficient (Wildman–Crippen LogP) is 4.96. The summed E-state index contributed by atoms with van der Waals surface area (Å²) in [5.74, 6) is 0.309. The standard InChI is InChI=1S/C22H22F3N3O2S/c1-11-3-8-15-14(9-11)17(22(23,24)25)16-18(26)19(31-21(16)28-15)20(29)27-10-12-4-6-13(30-2)7-5-12/h4-7,11H,3,8-10,26H2,1-2H3,(H,27,29)/t11-/m0/s1. The number of hydrogen-bond acceptors (Lipinski definition) is 5. The molecule has 31 heavy (non-hydrogen) atoms. The molecule has 1 aromatic carbocycles. The van der Waals surface area contributed by atoms with E-state index in [-0.39, 0.29) is 38.8 Å². The van der Waals surface area contributed by atoms with Gasteiger partial charge in [0.05, 0.1) is 18.4 Å². The first-order valence-corrected chi connectivity index (χ1v) is 10.7. The van der Waals surface area contributed by atoms with Crippen molar-refractivity contribution in [2.75, 3.05) is 12.8 Å². The van der Waals surface area contributed by atoms with Crippen molar-refractivity contribution in [2.45, 2.75) is 38.9 Å². The number of nitrogens with one attached hydrogen (secondary N) is 1. The van der Waals surface area contributed by atoms with Crippen LogP contribution in [0.15, 0.2) is 24.3 Å². The highest BCUT2D eigenvalue weighted by atomic mass is 32.1. The summed E-state index contributed by atoms with van der Waals surface area (Å²) in [5.41, 5.74) is 6.72. The molecule has 3 N–H and O–H groups in total. The summed E-state index contributed by atoms with van der Waals surface area (Å²) in [7, 11) is 1.56. The molecule has 0 saturated heterocycles. The summed E-state index contributed by atoms with van der Waals surface area (Å²) in [4.78, 5) is 17.4. The van der Waals surface area contributed by atoms with E-state index in [4.69, 9.17) is 10.5 Å². The fraction of sp³-hybridized carbons (Fsp3) is 0.364. The summed E-state index contributed by atoms with van der Waals surface area (Å²) in [5, 5.41) is 2.58. The third-order valence-electron chi connectivity index (χ3n) is 5.59. The van der Waals surface area contributed by atoms with Gasteiger partial charge in [-0.3, -0.25) is 4.79 Å². The average molecular weight is 449 g/mol. The zero-order valence-corrected chi connectivity index (χ0v) is 17.9. The van der Waals surface area contributed by atoms with Gasteiger partial charge in [0.2, 0.25) is 0 Å². The molecule has 9 heteroatoms. The van der Waals surface area contributed by atoms with Crippen molar-refractivity contribution in [1.82, 2.24) is 10.3 Å². The molecule has 1 amide bonds. The number of anilines is 1. The molecular weight excluding hydrogens is 427 g/mol. The van der Waals surface area contributed by atoms with Crippen molar-refractivity contribution in [2.24, 2.45) is 5.92 Å². The highest BCUT2D eigenvalue weighted by Crippen LogP contribution is 2.46. The smallest absolute Gasteiger partial charge is 0.417 e. The van der Waals surface area contributed by atoms with Gasteiger partial charge in [0, 0.05) is 17.6 Å². The number of pyridine rings is 1. The molecule has 164 valence electrons. The van der Waals surface area contributed by atoms with Crippen molar-refractivity contribution >= 4 is 33.1 Å². The zero-order chi connectivity index (χ0) is 22.3. The summed E-state index contributed by atoms with van der Waals surface area (Å²) in [6.07, 6.45) is -2.99. The van der Waals surface area contributed by atoms with E-state index in [0.717, 1.165) is 23.3 Å². The molecule has 0 unspecified atom stereocenters. The molecule has 3 aromatic rings. The van der Waals surface area contributed by atoms with Crippen LogP contribution in [0.1, 0.15) is 45.4 Å². The van der Waals surface area contributed by atoms with E-state index < -0.39 is 17.6 Å². The number of thiophene rings is 1. The summed E-state index contributed by atoms with van der Waals surface area (Å²) in [6, 6.07) is 7.12. The van der Waals surface area contributed by atoms with Gasteiger partial charge in [0.1, 0.15) is 15.5 Å². The van der Waals surface area contributed by atoms with Gasteiger partial charge in [-0.15, -0.1) is 11.3 Å². The van der Waals surface area contributed by atoms with Crippen LogP contribution >= 0.6 is 11.3 Å². The third-order valence-corrected chi connectivity index (χ3v) is 6.69. The number of carbonyl (C=O) groups is 1. The van der Waals surface area contributed by atoms with Crippen molar-refractivity contribution in [3.8, 4) is 5.75 Å². The van der Waals surface area contributed by atoms with Crippen LogP contribution in [0.4, 0.5) is 18.9 Å². The molecule has 4 rings (SSSR count). The number of benzene rings is 1. The molecule has 0 spiro atoms. The SMILES string of the molecule is COc1ccc(CNC(=O)c2sc3nc4c(c(C(F)(F)F)c3c2N)C[C@@H](C)CC4)cc1. The fourth-order valence-corrected chi connectivity index (χ4v) is 5.02. The second-order valence-corrected chi connectivity index (χ2v) is 8.81. The van der Waals surface area contributed by atoms with E-state index in [2.05, 4.69) is 10.3 Å². The number of nitrogens with zero attached hydrogens (tertiary/aromatic N) is 1. The molecule has 0 saturated carbocycles. The number of fused-ring (bicyclic) bond motifs is 2. The molecule has 1 aliphatic rings. The average Bonchev–Trinajstić information content (AvgIpc) is 3.06. The van der Waals surface area contributed by atoms with Crippen LogP contribution in [0.3, 0.4) is 0 Å². The summed E-state index contributed by atoms with van der Waals surface area (Å²) in [6.45, 7) is 2.15. The van der Waals surface area contributed by atoms with E-state index in [1.165, 1.54) is 0 Å². The van der Waals surface area contributed by atoms with Gasteiger partial charge in [0.15, 0.2) is 0 Å². The van der Waals surface area contributed by atoms with Gasteiger partial charge < -0.3 is 15.8 Å². The Balaban J connectivity index is 1.70. The Morgan fingerprint density at radius 2 is 2.03 bits per heavy atom. The normalized spacial score (nSPS) is 16.2. The van der Waals surface area contributed by atoms with Crippen LogP contribution in [-0.4, -0.2) is 18.0 Å². The number of halogens is 3. The van der Waals surface area contributed by atoms with E-state index in [0.29, 0.717) is 24.3 Å². The van der Waals surface area contributed by atoms with Crippen LogP contribution in [-0.2, 0) is 25.6 Å². The number of rotatable bonds is 4. The zero-order valence-electron chi connectivity index (χ0n) is 17.1. The topological polar surface area (TPSA) is 77.2 Å². The number of aryl methyl sites for hydroxylation is 1. The number of alkyl halides is 3. The maximum absolute atomic E-state index is 14.1. The molecule has 0 fully saturated rings. The minimum Gasteiger partial charge on any atom is -0.497 e. The van der Waals surface area contributed by atoms with E-state index in [1.54, 1.807) is 31.4 Å². The van der Waals surface area contributed by atoms with Gasteiger partial charge in [-0.1, -0.05) is 19.1 Å². The first-order chi connectivity index (χ1) is 14.7. The quantitative estimate of drug-likeness (QED) is 0.590. The van der Waals surface area contributed by atoms with Crippen molar-refractivity contribution < 1.29 is 22.7 Å². The number of ether oxygens (including phenoxy) is 1. The van der Waals surface area contributed by atoms with Gasteiger partial charge in [0.25, 0.3) is 5.91 Å². The second-order valence-electron chi connectivity index (χ2n) is 7.81. The minimum absolute atomic E-state index is 0.0527. The third kappa shape index (κ3) is 4.06. The lowest BCUT2D eigenvalue weighted by molar-refractivity contribution is -0.137. The second kappa shape index (κ2) is 8.03. The van der Waals surface area contributed by atoms with Crippen LogP contribution in [0.5, 0.6) is 5.75 Å². The minimum atomic E-state index is -4.58. The lowest BCUT2D eigenvalue weighted by Crippen LogP contribution is -2.23. The Bertz CT molecular complexity index is 1140. The Labute approximate surface area is 181 Å². The number of aromatic nitrogens is 1. The Hall–Kier alpha value is -2.81. The lowest BCUT2D eigenvalue weighted by atomic mass is 9.84. The molecule has 0 radical (unpaired) electrons. The van der Waals surface area contributed by atoms with E-state index >= 15 is 0 Å². The number of methoxy groups -OCH3 is 1. The molecule has 2 heterocycles. The van der Waals surface area contributed by atoms with Crippen LogP contribution in [0.2, 0.25) is 0 Å². The van der Waals surface area contributed by atoms with Gasteiger partial charge in [-0.25, -0.2) is 4.98 Å². The fourth-order valence-electron chi connectivity index (χ4n) is 3.98. The maximum atomic E-state index is 14.1. The first kappa shape index (κ1) is 21.4. The number of nitrogens with two attached hydrogens (primary N) is 1. The van der Waals surface area contributed by atoms with Crippen molar-refractivity contribution in [3.05, 3.63) is 51.5 Å². The molecule has 1 aliphatic carbocycles. The van der Waals surface area contributed by atoms with Crippen LogP contribution in [0, 0.1) is 5.92 Å². The van der Waals surface area contributed by atoms with Gasteiger partial charge >= 0.3 is 6.18 Å². The Kier molecular flexibility index (Phi) is 5.55. The van der Waals surface area contributed by atoms with Gasteiger partial charge in [-0.2, -0.15) is 13.2 Å². The van der Waals surface area contributed by atoms with Crippen LogP contribution < -0.4 is 15.8 Å². The lowest BCUT2D eigenvalue weighted by Gasteiger charge is -2.25. The van der Waals surface area contributed by atoms with E-state index in [9.17, 15) is 18.0 Å². The number of amides is 1. The molecular formula is C22H22F3N3O2S. The van der Waals surface area contributed by atoms with Crippen molar-refractivity contribution in [1.29, 1.82) is 0 Å². The Morgan fingerprint density at radius 3 is 2.68 bits per heavy atom. The molecule has 0 aliphatic heterocycles. The highest BCUT2D eigenvalue weighted by molar-refractivity contribution is 7.21. The molecule has 5 nitrogen and oxygen atoms in total. The predicted molar refractivity (Wildman–Crippen MR) is 114 cm³/mol. The Morgan fingerprint density at radius 1 is 1.32 bits per heavy atom. The molecule has 1 atom stereocenters. The summed E-state index contributed by atoms with van der Waals surface area (Å²) >= 11 is 0.909. The number of hydrogen-bond donors (Lipinski definition) is 2. The number of nitrogen functional groups attached to an aromatic ring is 1.